The van der Waals surface area contributed by atoms with Crippen LogP contribution in [0.25, 0.3) is 0 Å². The molecule has 1 heterocycles. The molecule has 0 aromatic carbocycles. The Morgan fingerprint density at radius 2 is 2.50 bits per heavy atom. The third-order valence-electron chi connectivity index (χ3n) is 2.28. The highest BCUT2D eigenvalue weighted by atomic mass is 16.5. The molecule has 1 aliphatic rings. The summed E-state index contributed by atoms with van der Waals surface area (Å²) in [6, 6.07) is 0.672. The minimum absolute atomic E-state index is 0.0916. The molecule has 12 heavy (non-hydrogen) atoms. The number of ether oxygens (including phenoxy) is 1. The summed E-state index contributed by atoms with van der Waals surface area (Å²) in [5.74, 6) is 0. The fourth-order valence-corrected chi connectivity index (χ4v) is 1.63. The Hall–Kier alpha value is -1.03. The third-order valence-corrected chi connectivity index (χ3v) is 2.28. The SMILES string of the molecule is COc1nc2c([nH]1)CCCC2N. The van der Waals surface area contributed by atoms with Crippen molar-refractivity contribution in [1.29, 1.82) is 0 Å². The summed E-state index contributed by atoms with van der Waals surface area (Å²) in [5.41, 5.74) is 8.00. The van der Waals surface area contributed by atoms with Gasteiger partial charge in [0.15, 0.2) is 0 Å². The van der Waals surface area contributed by atoms with Crippen LogP contribution in [0.5, 0.6) is 6.01 Å². The van der Waals surface area contributed by atoms with Crippen molar-refractivity contribution >= 4 is 0 Å². The van der Waals surface area contributed by atoms with Crippen LogP contribution in [-0.4, -0.2) is 17.1 Å². The molecule has 66 valence electrons. The van der Waals surface area contributed by atoms with Crippen LogP contribution >= 0.6 is 0 Å². The highest BCUT2D eigenvalue weighted by molar-refractivity contribution is 5.23. The van der Waals surface area contributed by atoms with Gasteiger partial charge < -0.3 is 15.5 Å². The Morgan fingerprint density at radius 3 is 3.17 bits per heavy atom. The Morgan fingerprint density at radius 1 is 1.67 bits per heavy atom. The molecule has 0 bridgehead atoms. The number of nitrogens with zero attached hydrogens (tertiary/aromatic N) is 1. The molecule has 1 atom stereocenters. The second-order valence-electron chi connectivity index (χ2n) is 3.11. The Labute approximate surface area is 71.1 Å². The topological polar surface area (TPSA) is 63.9 Å². The van der Waals surface area contributed by atoms with Gasteiger partial charge in [-0.1, -0.05) is 0 Å². The van der Waals surface area contributed by atoms with E-state index in [0.717, 1.165) is 30.7 Å². The zero-order chi connectivity index (χ0) is 8.55. The van der Waals surface area contributed by atoms with E-state index >= 15 is 0 Å². The summed E-state index contributed by atoms with van der Waals surface area (Å²) in [7, 11) is 1.61. The fraction of sp³-hybridized carbons (Fsp3) is 0.625. The van der Waals surface area contributed by atoms with E-state index in [1.54, 1.807) is 7.11 Å². The molecule has 1 unspecified atom stereocenters. The van der Waals surface area contributed by atoms with Gasteiger partial charge in [0.05, 0.1) is 12.8 Å². The smallest absolute Gasteiger partial charge is 0.293 e. The molecular weight excluding hydrogens is 154 g/mol. The van der Waals surface area contributed by atoms with Crippen LogP contribution < -0.4 is 10.5 Å². The number of nitrogens with two attached hydrogens (primary N) is 1. The fourth-order valence-electron chi connectivity index (χ4n) is 1.63. The van der Waals surface area contributed by atoms with Crippen molar-refractivity contribution in [3.05, 3.63) is 11.4 Å². The predicted molar refractivity (Wildman–Crippen MR) is 45.0 cm³/mol. The van der Waals surface area contributed by atoms with Crippen molar-refractivity contribution < 1.29 is 4.74 Å². The van der Waals surface area contributed by atoms with E-state index in [4.69, 9.17) is 10.5 Å². The number of H-pyrrole nitrogens is 1. The monoisotopic (exact) mass is 167 g/mol. The molecule has 1 aliphatic carbocycles. The van der Waals surface area contributed by atoms with Crippen LogP contribution in [0.2, 0.25) is 0 Å². The maximum absolute atomic E-state index is 5.88. The normalized spacial score (nSPS) is 22.0. The molecule has 0 amide bonds. The van der Waals surface area contributed by atoms with Gasteiger partial charge in [-0.2, -0.15) is 4.98 Å². The van der Waals surface area contributed by atoms with E-state index in [1.165, 1.54) is 0 Å². The van der Waals surface area contributed by atoms with Gasteiger partial charge in [0, 0.05) is 11.7 Å². The first-order chi connectivity index (χ1) is 5.81. The van der Waals surface area contributed by atoms with Gasteiger partial charge in [-0.3, -0.25) is 0 Å². The van der Waals surface area contributed by atoms with Crippen LogP contribution in [0.4, 0.5) is 0 Å². The lowest BCUT2D eigenvalue weighted by Gasteiger charge is -2.15. The molecule has 3 N–H and O–H groups in total. The lowest BCUT2D eigenvalue weighted by molar-refractivity contribution is 0.383. The summed E-state index contributed by atoms with van der Waals surface area (Å²) in [6.07, 6.45) is 3.21. The molecule has 4 nitrogen and oxygen atoms in total. The van der Waals surface area contributed by atoms with E-state index < -0.39 is 0 Å². The van der Waals surface area contributed by atoms with E-state index in [0.29, 0.717) is 6.01 Å². The second kappa shape index (κ2) is 2.79. The number of methoxy groups -OCH3 is 1. The molecule has 0 radical (unpaired) electrons. The van der Waals surface area contributed by atoms with Crippen molar-refractivity contribution in [3.63, 3.8) is 0 Å². The van der Waals surface area contributed by atoms with Gasteiger partial charge in [-0.05, 0) is 19.3 Å². The van der Waals surface area contributed by atoms with Gasteiger partial charge in [0.25, 0.3) is 6.01 Å². The van der Waals surface area contributed by atoms with E-state index in [-0.39, 0.29) is 6.04 Å². The van der Waals surface area contributed by atoms with E-state index in [9.17, 15) is 0 Å². The van der Waals surface area contributed by atoms with Gasteiger partial charge in [0.2, 0.25) is 0 Å². The number of fused-ring (bicyclic) bond motifs is 1. The van der Waals surface area contributed by atoms with E-state index in [2.05, 4.69) is 9.97 Å². The van der Waals surface area contributed by atoms with Crippen molar-refractivity contribution in [2.24, 2.45) is 5.73 Å². The van der Waals surface area contributed by atoms with Crippen molar-refractivity contribution in [1.82, 2.24) is 9.97 Å². The number of hydrogen-bond donors (Lipinski definition) is 2. The number of nitrogens with one attached hydrogen (secondary N) is 1. The highest BCUT2D eigenvalue weighted by Gasteiger charge is 2.21. The quantitative estimate of drug-likeness (QED) is 0.648. The number of hydrogen-bond acceptors (Lipinski definition) is 3. The van der Waals surface area contributed by atoms with Crippen molar-refractivity contribution in [2.45, 2.75) is 25.3 Å². The Kier molecular flexibility index (Phi) is 1.77. The Balaban J connectivity index is 2.37. The largest absolute Gasteiger partial charge is 0.468 e. The number of aromatic amines is 1. The molecule has 1 aromatic rings. The van der Waals surface area contributed by atoms with Crippen molar-refractivity contribution in [2.75, 3.05) is 7.11 Å². The van der Waals surface area contributed by atoms with Gasteiger partial charge in [-0.25, -0.2) is 0 Å². The third kappa shape index (κ3) is 1.08. The zero-order valence-electron chi connectivity index (χ0n) is 7.13. The number of aryl methyl sites for hydroxylation is 1. The first-order valence-corrected chi connectivity index (χ1v) is 4.19. The lowest BCUT2D eigenvalue weighted by atomic mass is 9.97. The number of imidazole rings is 1. The van der Waals surface area contributed by atoms with Crippen LogP contribution in [0.15, 0.2) is 0 Å². The standard InChI is InChI=1S/C8H13N3O/c1-12-8-10-6-4-2-3-5(9)7(6)11-8/h5H,2-4,9H2,1H3,(H,10,11). The molecule has 1 aromatic heterocycles. The summed E-state index contributed by atoms with van der Waals surface area (Å²) in [6.45, 7) is 0. The number of rotatable bonds is 1. The van der Waals surface area contributed by atoms with Crippen LogP contribution in [0.3, 0.4) is 0 Å². The molecule has 2 rings (SSSR count). The van der Waals surface area contributed by atoms with Crippen LogP contribution in [0, 0.1) is 0 Å². The molecule has 4 heteroatoms. The molecule has 0 spiro atoms. The minimum Gasteiger partial charge on any atom is -0.468 e. The van der Waals surface area contributed by atoms with Gasteiger partial charge >= 0.3 is 0 Å². The zero-order valence-corrected chi connectivity index (χ0v) is 7.13. The average Bonchev–Trinajstić information content (AvgIpc) is 2.49. The average molecular weight is 167 g/mol. The minimum atomic E-state index is 0.0916. The summed E-state index contributed by atoms with van der Waals surface area (Å²) in [5, 5.41) is 0. The second-order valence-corrected chi connectivity index (χ2v) is 3.11. The molecule has 0 fully saturated rings. The maximum atomic E-state index is 5.88. The summed E-state index contributed by atoms with van der Waals surface area (Å²) in [4.78, 5) is 7.35. The first-order valence-electron chi connectivity index (χ1n) is 4.19. The summed E-state index contributed by atoms with van der Waals surface area (Å²) >= 11 is 0. The lowest BCUT2D eigenvalue weighted by Crippen LogP contribution is -2.17. The summed E-state index contributed by atoms with van der Waals surface area (Å²) < 4.78 is 4.99. The Bertz CT molecular complexity index is 282. The highest BCUT2D eigenvalue weighted by Crippen LogP contribution is 2.27. The van der Waals surface area contributed by atoms with Crippen molar-refractivity contribution in [3.8, 4) is 6.01 Å². The molecule has 0 saturated carbocycles. The first kappa shape index (κ1) is 7.61. The van der Waals surface area contributed by atoms with Crippen LogP contribution in [-0.2, 0) is 6.42 Å². The van der Waals surface area contributed by atoms with Crippen LogP contribution in [0.1, 0.15) is 30.3 Å². The van der Waals surface area contributed by atoms with Gasteiger partial charge in [0.1, 0.15) is 0 Å². The van der Waals surface area contributed by atoms with Gasteiger partial charge in [-0.15, -0.1) is 0 Å². The molecule has 0 saturated heterocycles. The maximum Gasteiger partial charge on any atom is 0.293 e. The molecular formula is C8H13N3O. The number of aromatic nitrogens is 2. The van der Waals surface area contributed by atoms with E-state index in [1.807, 2.05) is 0 Å². The predicted octanol–water partition coefficient (Wildman–Crippen LogP) is 0.754. The molecule has 0 aliphatic heterocycles.